The van der Waals surface area contributed by atoms with E-state index < -0.39 is 23.7 Å². The minimum atomic E-state index is -4.44. The molecule has 5 nitrogen and oxygen atoms in total. The van der Waals surface area contributed by atoms with E-state index in [0.29, 0.717) is 19.4 Å². The van der Waals surface area contributed by atoms with Crippen molar-refractivity contribution >= 4 is 0 Å². The minimum absolute atomic E-state index is 0.0797. The molecule has 2 aromatic rings. The van der Waals surface area contributed by atoms with Gasteiger partial charge in [0, 0.05) is 6.61 Å². The number of ether oxygens (including phenoxy) is 1. The first-order valence-corrected chi connectivity index (χ1v) is 9.56. The molecule has 0 atom stereocenters. The molecule has 0 aromatic heterocycles. The highest BCUT2D eigenvalue weighted by molar-refractivity contribution is 5.33. The number of nitrogens with one attached hydrogen (secondary N) is 4. The Balaban J connectivity index is 1.21. The summed E-state index contributed by atoms with van der Waals surface area (Å²) < 4.78 is 83.8. The number of halogens is 6. The van der Waals surface area contributed by atoms with Crippen molar-refractivity contribution in [1.82, 2.24) is 21.7 Å². The first-order chi connectivity index (χ1) is 14.6. The van der Waals surface area contributed by atoms with Gasteiger partial charge in [-0.1, -0.05) is 48.5 Å². The van der Waals surface area contributed by atoms with Gasteiger partial charge in [-0.2, -0.15) is 26.3 Å². The van der Waals surface area contributed by atoms with Crippen LogP contribution < -0.4 is 21.7 Å². The summed E-state index contributed by atoms with van der Waals surface area (Å²) in [6.45, 7) is 0.666. The van der Waals surface area contributed by atoms with Crippen molar-refractivity contribution in [3.8, 4) is 0 Å². The topological polar surface area (TPSA) is 97.0 Å². The van der Waals surface area contributed by atoms with Crippen LogP contribution in [0.25, 0.3) is 0 Å². The molecule has 2 saturated heterocycles. The summed E-state index contributed by atoms with van der Waals surface area (Å²) in [5.41, 5.74) is 6.12. The fourth-order valence-electron chi connectivity index (χ4n) is 3.37. The third-order valence-corrected chi connectivity index (χ3v) is 5.40. The van der Waals surface area contributed by atoms with Gasteiger partial charge < -0.3 is 4.74 Å². The first kappa shape index (κ1) is 22.0. The summed E-state index contributed by atoms with van der Waals surface area (Å²) in [6.07, 6.45) is -7.59. The van der Waals surface area contributed by atoms with Crippen LogP contribution in [0.5, 0.6) is 0 Å². The Hall–Kier alpha value is -2.18. The van der Waals surface area contributed by atoms with Crippen molar-refractivity contribution in [2.24, 2.45) is 0 Å². The molecule has 0 unspecified atom stereocenters. The largest absolute Gasteiger partial charge is 0.426 e. The molecule has 2 aromatic carbocycles. The summed E-state index contributed by atoms with van der Waals surface area (Å²) in [6, 6.07) is 12.2. The van der Waals surface area contributed by atoms with Crippen LogP contribution in [-0.4, -0.2) is 19.0 Å². The Morgan fingerprint density at radius 3 is 1.45 bits per heavy atom. The Labute approximate surface area is 174 Å². The van der Waals surface area contributed by atoms with Gasteiger partial charge in [0.15, 0.2) is 0 Å². The maximum Gasteiger partial charge on any atom is 0.426 e. The van der Waals surface area contributed by atoms with Gasteiger partial charge in [-0.3, -0.25) is 0 Å². The molecule has 0 saturated carbocycles. The van der Waals surface area contributed by atoms with Gasteiger partial charge in [0.2, 0.25) is 11.3 Å². The maximum atomic E-state index is 13.0. The Morgan fingerprint density at radius 2 is 1.06 bits per heavy atom. The lowest BCUT2D eigenvalue weighted by Gasteiger charge is -2.16. The van der Waals surface area contributed by atoms with Crippen molar-refractivity contribution in [2.75, 3.05) is 6.61 Å². The fourth-order valence-corrected chi connectivity index (χ4v) is 3.37. The van der Waals surface area contributed by atoms with Gasteiger partial charge in [-0.15, -0.1) is 0 Å². The van der Waals surface area contributed by atoms with Crippen LogP contribution in [0, 0.1) is 0 Å². The number of hydrogen-bond donors (Lipinski definition) is 4. The lowest BCUT2D eigenvalue weighted by Crippen LogP contribution is -2.34. The zero-order valence-electron chi connectivity index (χ0n) is 16.1. The second-order valence-corrected chi connectivity index (χ2v) is 7.55. The fraction of sp³-hybridized carbons (Fsp3) is 0.400. The quantitative estimate of drug-likeness (QED) is 0.283. The summed E-state index contributed by atoms with van der Waals surface area (Å²) in [7, 11) is 0. The molecule has 0 radical (unpaired) electrons. The first-order valence-electron chi connectivity index (χ1n) is 9.56. The lowest BCUT2D eigenvalue weighted by atomic mass is 10.0. The molecule has 168 valence electrons. The van der Waals surface area contributed by atoms with E-state index in [9.17, 15) is 26.3 Å². The highest BCUT2D eigenvalue weighted by Crippen LogP contribution is 2.43. The second kappa shape index (κ2) is 7.75. The molecule has 0 amide bonds. The number of benzene rings is 2. The zero-order chi connectivity index (χ0) is 22.3. The molecular formula is C20H20F6N4O. The van der Waals surface area contributed by atoms with E-state index in [0.717, 1.165) is 11.1 Å². The van der Waals surface area contributed by atoms with Crippen LogP contribution in [-0.2, 0) is 29.1 Å². The average molecular weight is 446 g/mol. The Kier molecular flexibility index (Phi) is 5.51. The average Bonchev–Trinajstić information content (AvgIpc) is 3.61. The van der Waals surface area contributed by atoms with E-state index in [1.807, 2.05) is 0 Å². The minimum Gasteiger partial charge on any atom is -0.377 e. The lowest BCUT2D eigenvalue weighted by molar-refractivity contribution is -0.166. The molecule has 2 aliphatic rings. The standard InChI is InChI=1S/C20H20F6N4O/c21-19(22,23)17(27-28-17)15-7-3-13(4-8-15)2-1-11-31-12-14-5-9-16(10-6-14)18(29-30-18)20(24,25)26/h3-10,27-30H,1-2,11-12H2. The van der Waals surface area contributed by atoms with Crippen LogP contribution in [0.4, 0.5) is 26.3 Å². The molecule has 0 spiro atoms. The van der Waals surface area contributed by atoms with Crippen molar-refractivity contribution in [2.45, 2.75) is 43.1 Å². The molecule has 2 fully saturated rings. The predicted octanol–water partition coefficient (Wildman–Crippen LogP) is 3.48. The molecule has 4 rings (SSSR count). The van der Waals surface area contributed by atoms with Crippen molar-refractivity contribution in [3.05, 3.63) is 70.8 Å². The Bertz CT molecular complexity index is 828. The van der Waals surface area contributed by atoms with Crippen molar-refractivity contribution in [1.29, 1.82) is 0 Å². The summed E-state index contributed by atoms with van der Waals surface area (Å²) in [4.78, 5) is 0. The van der Waals surface area contributed by atoms with Gasteiger partial charge in [-0.25, -0.2) is 21.7 Å². The van der Waals surface area contributed by atoms with Crippen LogP contribution in [0.3, 0.4) is 0 Å². The number of hydrazine groups is 2. The number of hydrogen-bond acceptors (Lipinski definition) is 5. The highest BCUT2D eigenvalue weighted by Gasteiger charge is 2.66. The number of rotatable bonds is 8. The summed E-state index contributed by atoms with van der Waals surface area (Å²) >= 11 is 0. The third kappa shape index (κ3) is 4.28. The van der Waals surface area contributed by atoms with Gasteiger partial charge >= 0.3 is 12.4 Å². The normalized spacial score (nSPS) is 19.3. The van der Waals surface area contributed by atoms with E-state index in [1.165, 1.54) is 24.3 Å². The van der Waals surface area contributed by atoms with Gasteiger partial charge in [0.25, 0.3) is 0 Å². The Morgan fingerprint density at radius 1 is 0.645 bits per heavy atom. The molecular weight excluding hydrogens is 426 g/mol. The van der Waals surface area contributed by atoms with Gasteiger partial charge in [-0.05, 0) is 35.1 Å². The van der Waals surface area contributed by atoms with Crippen molar-refractivity contribution < 1.29 is 31.1 Å². The van der Waals surface area contributed by atoms with E-state index >= 15 is 0 Å². The molecule has 31 heavy (non-hydrogen) atoms. The zero-order valence-corrected chi connectivity index (χ0v) is 16.1. The maximum absolute atomic E-state index is 13.0. The molecule has 11 heteroatoms. The number of aryl methyl sites for hydroxylation is 1. The van der Waals surface area contributed by atoms with Gasteiger partial charge in [0.05, 0.1) is 6.61 Å². The van der Waals surface area contributed by atoms with Crippen LogP contribution in [0.15, 0.2) is 48.5 Å². The molecule has 0 aliphatic carbocycles. The molecule has 2 aliphatic heterocycles. The van der Waals surface area contributed by atoms with E-state index in [1.54, 1.807) is 24.3 Å². The van der Waals surface area contributed by atoms with Crippen LogP contribution in [0.2, 0.25) is 0 Å². The van der Waals surface area contributed by atoms with E-state index in [-0.39, 0.29) is 17.7 Å². The number of alkyl halides is 6. The molecule has 4 N–H and O–H groups in total. The smallest absolute Gasteiger partial charge is 0.377 e. The monoisotopic (exact) mass is 446 g/mol. The van der Waals surface area contributed by atoms with Crippen molar-refractivity contribution in [3.63, 3.8) is 0 Å². The molecule has 0 bridgehead atoms. The third-order valence-electron chi connectivity index (χ3n) is 5.40. The second-order valence-electron chi connectivity index (χ2n) is 7.55. The predicted molar refractivity (Wildman–Crippen MR) is 98.9 cm³/mol. The van der Waals surface area contributed by atoms with Crippen LogP contribution >= 0.6 is 0 Å². The van der Waals surface area contributed by atoms with E-state index in [4.69, 9.17) is 4.74 Å². The SMILES string of the molecule is FC(F)(F)C1(c2ccc(CCCOCc3ccc(C4(C(F)(F)F)NN4)cc3)cc2)NN1. The van der Waals surface area contributed by atoms with Gasteiger partial charge in [0.1, 0.15) is 0 Å². The highest BCUT2D eigenvalue weighted by atomic mass is 19.4. The van der Waals surface area contributed by atoms with E-state index in [2.05, 4.69) is 21.7 Å². The van der Waals surface area contributed by atoms with Crippen LogP contribution in [0.1, 0.15) is 28.7 Å². The summed E-state index contributed by atoms with van der Waals surface area (Å²) in [5, 5.41) is 0. The molecule has 2 heterocycles. The summed E-state index contributed by atoms with van der Waals surface area (Å²) in [5.74, 6) is 0.